The molecular formula is C10H23N3O4S. The lowest BCUT2D eigenvalue weighted by atomic mass is 10.3. The van der Waals surface area contributed by atoms with E-state index in [2.05, 4.69) is 10.0 Å². The van der Waals surface area contributed by atoms with Gasteiger partial charge in [0.05, 0.1) is 17.9 Å². The van der Waals surface area contributed by atoms with E-state index in [1.54, 1.807) is 6.92 Å². The first kappa shape index (κ1) is 17.3. The van der Waals surface area contributed by atoms with Crippen molar-refractivity contribution in [1.29, 1.82) is 0 Å². The van der Waals surface area contributed by atoms with Crippen molar-refractivity contribution in [3.63, 3.8) is 0 Å². The average molecular weight is 281 g/mol. The zero-order valence-electron chi connectivity index (χ0n) is 11.1. The lowest BCUT2D eigenvalue weighted by Gasteiger charge is -2.18. The first-order chi connectivity index (χ1) is 8.38. The molecule has 18 heavy (non-hydrogen) atoms. The standard InChI is InChI=1S/C10H23N3O4S/c1-4-9(7-11)18(15,16)13-8(2)10(14)12-5-6-17-3/h8-9,13H,4-7,11H2,1-3H3,(H,12,14). The van der Waals surface area contributed by atoms with Crippen molar-refractivity contribution in [2.24, 2.45) is 5.73 Å². The Morgan fingerprint density at radius 3 is 2.50 bits per heavy atom. The predicted octanol–water partition coefficient (Wildman–Crippen LogP) is -1.21. The maximum absolute atomic E-state index is 11.8. The average Bonchev–Trinajstić information content (AvgIpc) is 2.29. The van der Waals surface area contributed by atoms with E-state index in [1.807, 2.05) is 0 Å². The van der Waals surface area contributed by atoms with Crippen LogP contribution < -0.4 is 15.8 Å². The van der Waals surface area contributed by atoms with Crippen molar-refractivity contribution in [2.75, 3.05) is 26.8 Å². The van der Waals surface area contributed by atoms with Gasteiger partial charge < -0.3 is 15.8 Å². The molecule has 0 aromatic heterocycles. The largest absolute Gasteiger partial charge is 0.383 e. The zero-order valence-corrected chi connectivity index (χ0v) is 11.9. The van der Waals surface area contributed by atoms with E-state index in [0.717, 1.165) is 0 Å². The second-order valence-corrected chi connectivity index (χ2v) is 5.93. The number of nitrogens with two attached hydrogens (primary N) is 1. The molecule has 0 fully saturated rings. The Balaban J connectivity index is 4.37. The summed E-state index contributed by atoms with van der Waals surface area (Å²) in [5.41, 5.74) is 5.38. The summed E-state index contributed by atoms with van der Waals surface area (Å²) in [6.07, 6.45) is 0.407. The maximum atomic E-state index is 11.8. The molecule has 0 saturated carbocycles. The number of sulfonamides is 1. The molecule has 0 radical (unpaired) electrons. The summed E-state index contributed by atoms with van der Waals surface area (Å²) < 4.78 is 30.8. The molecule has 4 N–H and O–H groups in total. The van der Waals surface area contributed by atoms with Crippen LogP contribution in [0.2, 0.25) is 0 Å². The third kappa shape index (κ3) is 5.76. The highest BCUT2D eigenvalue weighted by atomic mass is 32.2. The van der Waals surface area contributed by atoms with E-state index in [9.17, 15) is 13.2 Å². The number of methoxy groups -OCH3 is 1. The Morgan fingerprint density at radius 2 is 2.06 bits per heavy atom. The van der Waals surface area contributed by atoms with Crippen LogP contribution in [-0.2, 0) is 19.6 Å². The molecule has 0 aromatic rings. The number of carbonyl (C=O) groups excluding carboxylic acids is 1. The van der Waals surface area contributed by atoms with Crippen LogP contribution in [0.4, 0.5) is 0 Å². The Morgan fingerprint density at radius 1 is 1.44 bits per heavy atom. The van der Waals surface area contributed by atoms with Crippen LogP contribution >= 0.6 is 0 Å². The molecule has 0 aliphatic carbocycles. The fourth-order valence-corrected chi connectivity index (χ4v) is 2.82. The second-order valence-electron chi connectivity index (χ2n) is 3.93. The Kier molecular flexibility index (Phi) is 8.08. The number of ether oxygens (including phenoxy) is 1. The van der Waals surface area contributed by atoms with E-state index in [1.165, 1.54) is 14.0 Å². The molecule has 0 aliphatic rings. The van der Waals surface area contributed by atoms with E-state index < -0.39 is 21.3 Å². The van der Waals surface area contributed by atoms with Crippen molar-refractivity contribution >= 4 is 15.9 Å². The van der Waals surface area contributed by atoms with Crippen molar-refractivity contribution in [3.8, 4) is 0 Å². The summed E-state index contributed by atoms with van der Waals surface area (Å²) >= 11 is 0. The molecule has 0 saturated heterocycles. The Hall–Kier alpha value is -0.700. The zero-order chi connectivity index (χ0) is 14.2. The summed E-state index contributed by atoms with van der Waals surface area (Å²) in [5, 5.41) is 1.88. The van der Waals surface area contributed by atoms with Crippen LogP contribution in [0.5, 0.6) is 0 Å². The van der Waals surface area contributed by atoms with Gasteiger partial charge in [0.2, 0.25) is 15.9 Å². The van der Waals surface area contributed by atoms with Gasteiger partial charge in [-0.3, -0.25) is 4.79 Å². The highest BCUT2D eigenvalue weighted by molar-refractivity contribution is 7.90. The van der Waals surface area contributed by atoms with Crippen LogP contribution in [0.15, 0.2) is 0 Å². The van der Waals surface area contributed by atoms with Gasteiger partial charge in [0, 0.05) is 20.2 Å². The van der Waals surface area contributed by atoms with Gasteiger partial charge in [-0.05, 0) is 13.3 Å². The van der Waals surface area contributed by atoms with E-state index >= 15 is 0 Å². The SMILES string of the molecule is CCC(CN)S(=O)(=O)NC(C)C(=O)NCCOC. The molecule has 0 bridgehead atoms. The first-order valence-corrected chi connectivity index (χ1v) is 7.41. The molecule has 0 rings (SSSR count). The summed E-state index contributed by atoms with van der Waals surface area (Å²) in [6, 6.07) is -0.826. The molecule has 108 valence electrons. The van der Waals surface area contributed by atoms with Gasteiger partial charge in [-0.15, -0.1) is 0 Å². The van der Waals surface area contributed by atoms with E-state index in [0.29, 0.717) is 19.6 Å². The van der Waals surface area contributed by atoms with Gasteiger partial charge in [0.15, 0.2) is 0 Å². The maximum Gasteiger partial charge on any atom is 0.237 e. The highest BCUT2D eigenvalue weighted by Gasteiger charge is 2.26. The Labute approximate surface area is 108 Å². The quantitative estimate of drug-likeness (QED) is 0.459. The number of hydrogen-bond acceptors (Lipinski definition) is 5. The monoisotopic (exact) mass is 281 g/mol. The van der Waals surface area contributed by atoms with Gasteiger partial charge in [-0.25, -0.2) is 13.1 Å². The molecule has 7 nitrogen and oxygen atoms in total. The number of rotatable bonds is 9. The molecule has 0 spiro atoms. The summed E-state index contributed by atoms with van der Waals surface area (Å²) in [7, 11) is -2.05. The topological polar surface area (TPSA) is 111 Å². The fraction of sp³-hybridized carbons (Fsp3) is 0.900. The van der Waals surface area contributed by atoms with Gasteiger partial charge in [-0.2, -0.15) is 0 Å². The minimum atomic E-state index is -3.56. The van der Waals surface area contributed by atoms with Crippen molar-refractivity contribution in [1.82, 2.24) is 10.0 Å². The number of hydrogen-bond donors (Lipinski definition) is 3. The van der Waals surface area contributed by atoms with Gasteiger partial charge >= 0.3 is 0 Å². The lowest BCUT2D eigenvalue weighted by Crippen LogP contribution is -2.49. The minimum Gasteiger partial charge on any atom is -0.383 e. The number of nitrogens with one attached hydrogen (secondary N) is 2. The second kappa shape index (κ2) is 8.41. The summed E-state index contributed by atoms with van der Waals surface area (Å²) in [4.78, 5) is 11.6. The molecule has 0 aliphatic heterocycles. The summed E-state index contributed by atoms with van der Waals surface area (Å²) in [5.74, 6) is -0.387. The minimum absolute atomic E-state index is 0.0316. The highest BCUT2D eigenvalue weighted by Crippen LogP contribution is 2.03. The Bertz CT molecular complexity index is 341. The first-order valence-electron chi connectivity index (χ1n) is 5.86. The fourth-order valence-electron chi connectivity index (χ4n) is 1.34. The molecule has 0 heterocycles. The van der Waals surface area contributed by atoms with Crippen molar-refractivity contribution in [2.45, 2.75) is 31.6 Å². The van der Waals surface area contributed by atoms with E-state index in [4.69, 9.17) is 10.5 Å². The van der Waals surface area contributed by atoms with Crippen LogP contribution in [0.1, 0.15) is 20.3 Å². The van der Waals surface area contributed by atoms with Crippen molar-refractivity contribution < 1.29 is 17.9 Å². The van der Waals surface area contributed by atoms with Gasteiger partial charge in [-0.1, -0.05) is 6.92 Å². The molecular weight excluding hydrogens is 258 g/mol. The third-order valence-electron chi connectivity index (χ3n) is 2.50. The van der Waals surface area contributed by atoms with Crippen LogP contribution in [0, 0.1) is 0 Å². The van der Waals surface area contributed by atoms with Crippen molar-refractivity contribution in [3.05, 3.63) is 0 Å². The van der Waals surface area contributed by atoms with Crippen LogP contribution in [0.25, 0.3) is 0 Å². The van der Waals surface area contributed by atoms with E-state index in [-0.39, 0.29) is 12.5 Å². The third-order valence-corrected chi connectivity index (χ3v) is 4.58. The lowest BCUT2D eigenvalue weighted by molar-refractivity contribution is -0.122. The summed E-state index contributed by atoms with van der Waals surface area (Å²) in [6.45, 7) is 3.98. The molecule has 1 amide bonds. The molecule has 0 aromatic carbocycles. The molecule has 2 unspecified atom stereocenters. The number of amides is 1. The van der Waals surface area contributed by atoms with Crippen LogP contribution in [-0.4, -0.2) is 52.4 Å². The van der Waals surface area contributed by atoms with Gasteiger partial charge in [0.1, 0.15) is 0 Å². The molecule has 8 heteroatoms. The molecule has 2 atom stereocenters. The predicted molar refractivity (Wildman–Crippen MR) is 69.5 cm³/mol. The van der Waals surface area contributed by atoms with Gasteiger partial charge in [0.25, 0.3) is 0 Å². The normalized spacial score (nSPS) is 15.1. The smallest absolute Gasteiger partial charge is 0.237 e. The number of carbonyl (C=O) groups is 1. The van der Waals surface area contributed by atoms with Crippen LogP contribution in [0.3, 0.4) is 0 Å².